The Labute approximate surface area is 118 Å². The Morgan fingerprint density at radius 1 is 1.35 bits per heavy atom. The minimum atomic E-state index is -0.0721. The summed E-state index contributed by atoms with van der Waals surface area (Å²) in [6, 6.07) is 9.50. The third-order valence-corrected chi connectivity index (χ3v) is 3.51. The van der Waals surface area contributed by atoms with E-state index in [1.54, 1.807) is 10.9 Å². The lowest BCUT2D eigenvalue weighted by atomic mass is 10.0. The van der Waals surface area contributed by atoms with Crippen molar-refractivity contribution < 1.29 is 4.79 Å². The Kier molecular flexibility index (Phi) is 3.78. The number of piperidine rings is 1. The van der Waals surface area contributed by atoms with Crippen LogP contribution in [-0.4, -0.2) is 28.3 Å². The summed E-state index contributed by atoms with van der Waals surface area (Å²) in [5.74, 6) is 0.0438. The average Bonchev–Trinajstić information content (AvgIpc) is 3.03. The topological polar surface area (TPSA) is 59.0 Å². The van der Waals surface area contributed by atoms with Gasteiger partial charge in [0, 0.05) is 18.1 Å². The molecule has 1 aromatic carbocycles. The highest BCUT2D eigenvalue weighted by atomic mass is 16.2. The van der Waals surface area contributed by atoms with Gasteiger partial charge in [0.1, 0.15) is 0 Å². The van der Waals surface area contributed by atoms with Crippen LogP contribution >= 0.6 is 0 Å². The van der Waals surface area contributed by atoms with Gasteiger partial charge < -0.3 is 10.6 Å². The third-order valence-electron chi connectivity index (χ3n) is 3.51. The first-order chi connectivity index (χ1) is 9.83. The second-order valence-electron chi connectivity index (χ2n) is 4.99. The number of nitrogens with one attached hydrogen (secondary N) is 2. The molecule has 1 aliphatic heterocycles. The number of rotatable bonds is 3. The molecule has 1 unspecified atom stereocenters. The van der Waals surface area contributed by atoms with E-state index in [0.717, 1.165) is 37.2 Å². The lowest BCUT2D eigenvalue weighted by Crippen LogP contribution is -2.43. The normalized spacial score (nSPS) is 18.7. The van der Waals surface area contributed by atoms with Crippen LogP contribution in [0, 0.1) is 0 Å². The van der Waals surface area contributed by atoms with E-state index in [4.69, 9.17) is 0 Å². The number of benzene rings is 1. The van der Waals surface area contributed by atoms with Crippen LogP contribution in [0.4, 0.5) is 5.69 Å². The first-order valence-corrected chi connectivity index (χ1v) is 6.97. The summed E-state index contributed by atoms with van der Waals surface area (Å²) in [5.41, 5.74) is 1.74. The van der Waals surface area contributed by atoms with E-state index in [1.165, 1.54) is 0 Å². The molecule has 0 radical (unpaired) electrons. The molecule has 5 nitrogen and oxygen atoms in total. The first kappa shape index (κ1) is 12.9. The molecule has 3 rings (SSSR count). The van der Waals surface area contributed by atoms with E-state index in [9.17, 15) is 4.79 Å². The first-order valence-electron chi connectivity index (χ1n) is 6.97. The molecule has 2 aromatic rings. The van der Waals surface area contributed by atoms with Gasteiger partial charge in [-0.25, -0.2) is 4.68 Å². The zero-order valence-electron chi connectivity index (χ0n) is 11.2. The van der Waals surface area contributed by atoms with Crippen LogP contribution in [0.15, 0.2) is 42.7 Å². The number of nitrogens with zero attached hydrogens (tertiary/aromatic N) is 2. The monoisotopic (exact) mass is 270 g/mol. The van der Waals surface area contributed by atoms with Crippen LogP contribution in [0.1, 0.15) is 19.3 Å². The molecule has 0 saturated carbocycles. The lowest BCUT2D eigenvalue weighted by molar-refractivity contribution is -0.118. The summed E-state index contributed by atoms with van der Waals surface area (Å²) in [4.78, 5) is 12.2. The summed E-state index contributed by atoms with van der Waals surface area (Å²) < 4.78 is 1.77. The zero-order valence-corrected chi connectivity index (χ0v) is 11.2. The Hall–Kier alpha value is -2.14. The number of hydrogen-bond donors (Lipinski definition) is 2. The van der Waals surface area contributed by atoms with Gasteiger partial charge in [-0.2, -0.15) is 5.10 Å². The zero-order chi connectivity index (χ0) is 13.8. The molecule has 1 aliphatic rings. The fourth-order valence-corrected chi connectivity index (χ4v) is 2.45. The minimum absolute atomic E-state index is 0.0438. The van der Waals surface area contributed by atoms with E-state index >= 15 is 0 Å². The lowest BCUT2D eigenvalue weighted by Gasteiger charge is -2.22. The van der Waals surface area contributed by atoms with Gasteiger partial charge in [-0.15, -0.1) is 0 Å². The van der Waals surface area contributed by atoms with Gasteiger partial charge in [0.2, 0.25) is 5.91 Å². The quantitative estimate of drug-likeness (QED) is 0.896. The van der Waals surface area contributed by atoms with Crippen molar-refractivity contribution in [1.82, 2.24) is 15.1 Å². The largest absolute Gasteiger partial charge is 0.325 e. The summed E-state index contributed by atoms with van der Waals surface area (Å²) in [5, 5.41) is 10.4. The summed E-state index contributed by atoms with van der Waals surface area (Å²) in [6.45, 7) is 0.922. The number of amides is 1. The molecular formula is C15H18N4O. The second kappa shape index (κ2) is 5.88. The smallest absolute Gasteiger partial charge is 0.241 e. The van der Waals surface area contributed by atoms with Crippen molar-refractivity contribution in [3.8, 4) is 5.69 Å². The molecule has 1 fully saturated rings. The highest BCUT2D eigenvalue weighted by molar-refractivity contribution is 5.95. The summed E-state index contributed by atoms with van der Waals surface area (Å²) in [7, 11) is 0. The van der Waals surface area contributed by atoms with Crippen molar-refractivity contribution in [3.05, 3.63) is 42.7 Å². The fourth-order valence-electron chi connectivity index (χ4n) is 2.45. The molecule has 5 heteroatoms. The van der Waals surface area contributed by atoms with Crippen molar-refractivity contribution >= 4 is 11.6 Å². The SMILES string of the molecule is O=C(Nc1cccc(-n2cccn2)c1)C1CCCCN1. The van der Waals surface area contributed by atoms with Gasteiger partial charge >= 0.3 is 0 Å². The van der Waals surface area contributed by atoms with E-state index in [-0.39, 0.29) is 11.9 Å². The predicted octanol–water partition coefficient (Wildman–Crippen LogP) is 1.95. The number of carbonyl (C=O) groups excluding carboxylic acids is 1. The van der Waals surface area contributed by atoms with E-state index in [1.807, 2.05) is 36.5 Å². The van der Waals surface area contributed by atoms with E-state index < -0.39 is 0 Å². The predicted molar refractivity (Wildman–Crippen MR) is 77.8 cm³/mol. The third kappa shape index (κ3) is 2.88. The molecule has 0 bridgehead atoms. The Bertz CT molecular complexity index is 573. The van der Waals surface area contributed by atoms with Crippen LogP contribution in [0.25, 0.3) is 5.69 Å². The number of aromatic nitrogens is 2. The molecular weight excluding hydrogens is 252 g/mol. The molecule has 2 N–H and O–H groups in total. The van der Waals surface area contributed by atoms with Crippen LogP contribution in [0.3, 0.4) is 0 Å². The van der Waals surface area contributed by atoms with Gasteiger partial charge in [0.25, 0.3) is 0 Å². The summed E-state index contributed by atoms with van der Waals surface area (Å²) in [6.07, 6.45) is 6.78. The molecule has 1 amide bonds. The molecule has 20 heavy (non-hydrogen) atoms. The van der Waals surface area contributed by atoms with Crippen molar-refractivity contribution in [2.75, 3.05) is 11.9 Å². The van der Waals surface area contributed by atoms with Crippen LogP contribution in [0.5, 0.6) is 0 Å². The van der Waals surface area contributed by atoms with Crippen molar-refractivity contribution in [3.63, 3.8) is 0 Å². The molecule has 1 aromatic heterocycles. The molecule has 0 spiro atoms. The highest BCUT2D eigenvalue weighted by Crippen LogP contribution is 2.15. The van der Waals surface area contributed by atoms with Crippen LogP contribution < -0.4 is 10.6 Å². The minimum Gasteiger partial charge on any atom is -0.325 e. The van der Waals surface area contributed by atoms with Gasteiger partial charge in [-0.1, -0.05) is 12.5 Å². The van der Waals surface area contributed by atoms with Crippen molar-refractivity contribution in [2.45, 2.75) is 25.3 Å². The van der Waals surface area contributed by atoms with Crippen LogP contribution in [0.2, 0.25) is 0 Å². The number of hydrogen-bond acceptors (Lipinski definition) is 3. The van der Waals surface area contributed by atoms with Crippen LogP contribution in [-0.2, 0) is 4.79 Å². The number of anilines is 1. The maximum absolute atomic E-state index is 12.2. The maximum atomic E-state index is 12.2. The Morgan fingerprint density at radius 2 is 2.30 bits per heavy atom. The molecule has 1 saturated heterocycles. The molecule has 104 valence electrons. The van der Waals surface area contributed by atoms with Gasteiger partial charge in [0.15, 0.2) is 0 Å². The van der Waals surface area contributed by atoms with Gasteiger partial charge in [-0.3, -0.25) is 4.79 Å². The van der Waals surface area contributed by atoms with Crippen molar-refractivity contribution in [2.24, 2.45) is 0 Å². The van der Waals surface area contributed by atoms with Gasteiger partial charge in [-0.05, 0) is 43.7 Å². The Morgan fingerprint density at radius 3 is 3.05 bits per heavy atom. The van der Waals surface area contributed by atoms with Gasteiger partial charge in [0.05, 0.1) is 11.7 Å². The fraction of sp³-hybridized carbons (Fsp3) is 0.333. The average molecular weight is 270 g/mol. The summed E-state index contributed by atoms with van der Waals surface area (Å²) >= 11 is 0. The molecule has 2 heterocycles. The maximum Gasteiger partial charge on any atom is 0.241 e. The standard InChI is InChI=1S/C15H18N4O/c20-15(14-7-1-2-8-16-14)18-12-5-3-6-13(11-12)19-10-4-9-17-19/h3-6,9-11,14,16H,1-2,7-8H2,(H,18,20). The molecule has 0 aliphatic carbocycles. The van der Waals surface area contributed by atoms with E-state index in [2.05, 4.69) is 15.7 Å². The highest BCUT2D eigenvalue weighted by Gasteiger charge is 2.20. The van der Waals surface area contributed by atoms with E-state index in [0.29, 0.717) is 0 Å². The Balaban J connectivity index is 1.71. The van der Waals surface area contributed by atoms with Crippen molar-refractivity contribution in [1.29, 1.82) is 0 Å². The number of carbonyl (C=O) groups is 1. The second-order valence-corrected chi connectivity index (χ2v) is 4.99. The molecule has 1 atom stereocenters.